The first kappa shape index (κ1) is 21.2. The van der Waals surface area contributed by atoms with Crippen molar-refractivity contribution in [3.63, 3.8) is 0 Å². The largest absolute Gasteiger partial charge is 0.396 e. The standard InChI is InChI=1S/C15H19NS.C6H5F2N.CH4/c1-16-15(11-17-16)14-8-6-13(7-9-14)10-12-4-2-3-5-12;7-4-2-1-3-5(9)6(4)8;/h6-9,11-12H,2-5,10H2,1H3;1-3H,9H2;1H4. The van der Waals surface area contributed by atoms with E-state index in [4.69, 9.17) is 5.73 Å². The van der Waals surface area contributed by atoms with Gasteiger partial charge in [0.05, 0.1) is 11.4 Å². The highest BCUT2D eigenvalue weighted by molar-refractivity contribution is 7.06. The molecule has 0 aliphatic heterocycles. The quantitative estimate of drug-likeness (QED) is 0.498. The third-order valence-corrected chi connectivity index (χ3v) is 5.73. The third kappa shape index (κ3) is 5.42. The van der Waals surface area contributed by atoms with E-state index < -0.39 is 11.6 Å². The lowest BCUT2D eigenvalue weighted by atomic mass is 9.97. The van der Waals surface area contributed by atoms with Crippen molar-refractivity contribution in [2.75, 3.05) is 5.73 Å². The van der Waals surface area contributed by atoms with E-state index in [1.165, 1.54) is 61.1 Å². The molecule has 3 aromatic rings. The van der Waals surface area contributed by atoms with Gasteiger partial charge < -0.3 is 5.73 Å². The maximum atomic E-state index is 12.2. The van der Waals surface area contributed by atoms with Gasteiger partial charge in [-0.2, -0.15) is 0 Å². The molecule has 0 saturated heterocycles. The van der Waals surface area contributed by atoms with Gasteiger partial charge in [0.25, 0.3) is 0 Å². The van der Waals surface area contributed by atoms with Gasteiger partial charge in [0.2, 0.25) is 0 Å². The highest BCUT2D eigenvalue weighted by Gasteiger charge is 2.15. The molecule has 1 aliphatic rings. The van der Waals surface area contributed by atoms with Gasteiger partial charge in [-0.05, 0) is 35.6 Å². The number of aryl methyl sites for hydroxylation is 1. The second kappa shape index (κ2) is 9.70. The number of aromatic nitrogens is 1. The zero-order chi connectivity index (χ0) is 18.5. The van der Waals surface area contributed by atoms with Crippen LogP contribution in [0, 0.1) is 17.6 Å². The summed E-state index contributed by atoms with van der Waals surface area (Å²) in [6, 6.07) is 12.8. The van der Waals surface area contributed by atoms with Crippen LogP contribution in [0.1, 0.15) is 38.7 Å². The Morgan fingerprint density at radius 2 is 1.74 bits per heavy atom. The van der Waals surface area contributed by atoms with Crippen LogP contribution in [0.5, 0.6) is 0 Å². The van der Waals surface area contributed by atoms with E-state index in [0.29, 0.717) is 0 Å². The Hall–Kier alpha value is -2.14. The molecule has 0 unspecified atom stereocenters. The Balaban J connectivity index is 0.000000224. The summed E-state index contributed by atoms with van der Waals surface area (Å²) in [6.07, 6.45) is 7.04. The molecular formula is C22H28F2N2S. The molecule has 0 atom stereocenters. The van der Waals surface area contributed by atoms with Crippen molar-refractivity contribution in [1.82, 2.24) is 3.96 Å². The minimum Gasteiger partial charge on any atom is -0.396 e. The molecule has 4 rings (SSSR count). The summed E-state index contributed by atoms with van der Waals surface area (Å²) in [5, 5.41) is 2.21. The fraction of sp³-hybridized carbons (Fsp3) is 0.364. The van der Waals surface area contributed by atoms with Crippen LogP contribution in [0.2, 0.25) is 0 Å². The van der Waals surface area contributed by atoms with Crippen LogP contribution in [0.3, 0.4) is 0 Å². The monoisotopic (exact) mass is 390 g/mol. The molecule has 0 bridgehead atoms. The number of benzene rings is 2. The highest BCUT2D eigenvalue weighted by Crippen LogP contribution is 2.29. The number of anilines is 1. The molecule has 27 heavy (non-hydrogen) atoms. The molecule has 0 amide bonds. The van der Waals surface area contributed by atoms with Crippen molar-refractivity contribution >= 4 is 17.2 Å². The van der Waals surface area contributed by atoms with E-state index in [9.17, 15) is 8.78 Å². The van der Waals surface area contributed by atoms with Crippen LogP contribution in [0.15, 0.2) is 47.8 Å². The van der Waals surface area contributed by atoms with Gasteiger partial charge in [-0.25, -0.2) is 8.78 Å². The molecule has 1 aliphatic carbocycles. The molecule has 2 aromatic carbocycles. The van der Waals surface area contributed by atoms with E-state index in [1.807, 2.05) is 0 Å². The van der Waals surface area contributed by atoms with Gasteiger partial charge in [-0.1, -0.05) is 75.0 Å². The number of hydrogen-bond acceptors (Lipinski definition) is 2. The average molecular weight is 391 g/mol. The number of rotatable bonds is 3. The lowest BCUT2D eigenvalue weighted by Gasteiger charge is -2.13. The van der Waals surface area contributed by atoms with Crippen LogP contribution in [-0.4, -0.2) is 3.96 Å². The molecule has 5 heteroatoms. The number of nitrogen functional groups attached to an aromatic ring is 1. The van der Waals surface area contributed by atoms with Crippen LogP contribution in [0.25, 0.3) is 11.3 Å². The summed E-state index contributed by atoms with van der Waals surface area (Å²) in [6.45, 7) is 0. The molecule has 0 spiro atoms. The maximum Gasteiger partial charge on any atom is 0.181 e. The fourth-order valence-electron chi connectivity index (χ4n) is 3.34. The minimum absolute atomic E-state index is 0. The van der Waals surface area contributed by atoms with Crippen molar-refractivity contribution in [2.45, 2.75) is 39.5 Å². The first-order valence-electron chi connectivity index (χ1n) is 8.94. The first-order valence-corrected chi connectivity index (χ1v) is 9.77. The Labute approximate surface area is 164 Å². The zero-order valence-corrected chi connectivity index (χ0v) is 15.7. The Kier molecular flexibility index (Phi) is 7.60. The van der Waals surface area contributed by atoms with Gasteiger partial charge in [0, 0.05) is 12.4 Å². The van der Waals surface area contributed by atoms with Crippen molar-refractivity contribution in [3.05, 3.63) is 65.0 Å². The average Bonchev–Trinajstić information content (AvgIpc) is 3.13. The summed E-state index contributed by atoms with van der Waals surface area (Å²) in [7, 11) is 2.12. The van der Waals surface area contributed by atoms with Crippen molar-refractivity contribution in [3.8, 4) is 11.3 Å². The number of nitrogens with two attached hydrogens (primary N) is 1. The van der Waals surface area contributed by atoms with Gasteiger partial charge in [0.15, 0.2) is 11.6 Å². The van der Waals surface area contributed by atoms with Crippen molar-refractivity contribution in [2.24, 2.45) is 13.0 Å². The molecule has 2 nitrogen and oxygen atoms in total. The van der Waals surface area contributed by atoms with E-state index in [0.717, 1.165) is 12.0 Å². The predicted molar refractivity (Wildman–Crippen MR) is 112 cm³/mol. The Bertz CT molecular complexity index is 810. The number of halogens is 2. The van der Waals surface area contributed by atoms with Crippen molar-refractivity contribution < 1.29 is 8.78 Å². The van der Waals surface area contributed by atoms with Crippen LogP contribution in [0.4, 0.5) is 14.5 Å². The fourth-order valence-corrected chi connectivity index (χ4v) is 4.00. The van der Waals surface area contributed by atoms with Crippen LogP contribution >= 0.6 is 11.5 Å². The van der Waals surface area contributed by atoms with Crippen LogP contribution < -0.4 is 5.73 Å². The number of hydrogen-bond donors (Lipinski definition) is 1. The molecule has 1 fully saturated rings. The van der Waals surface area contributed by atoms with E-state index in [2.05, 4.69) is 40.6 Å². The lowest BCUT2D eigenvalue weighted by Crippen LogP contribution is -1.99. The topological polar surface area (TPSA) is 30.9 Å². The normalized spacial score (nSPS) is 13.7. The summed E-state index contributed by atoms with van der Waals surface area (Å²) in [5.74, 6) is -0.936. The summed E-state index contributed by atoms with van der Waals surface area (Å²) >= 11 is 1.76. The van der Waals surface area contributed by atoms with Crippen molar-refractivity contribution in [1.29, 1.82) is 0 Å². The molecule has 146 valence electrons. The van der Waals surface area contributed by atoms with Gasteiger partial charge >= 0.3 is 0 Å². The van der Waals surface area contributed by atoms with Gasteiger partial charge in [0.1, 0.15) is 0 Å². The van der Waals surface area contributed by atoms with Gasteiger partial charge in [-0.3, -0.25) is 3.96 Å². The Morgan fingerprint density at radius 3 is 2.22 bits per heavy atom. The molecule has 1 saturated carbocycles. The molecule has 0 radical (unpaired) electrons. The predicted octanol–water partition coefficient (Wildman–Crippen LogP) is 6.67. The zero-order valence-electron chi connectivity index (χ0n) is 14.9. The summed E-state index contributed by atoms with van der Waals surface area (Å²) in [5.41, 5.74) is 9.06. The maximum absolute atomic E-state index is 12.2. The molecular weight excluding hydrogens is 362 g/mol. The second-order valence-corrected chi connectivity index (χ2v) is 7.79. The van der Waals surface area contributed by atoms with Crippen LogP contribution in [-0.2, 0) is 13.5 Å². The van der Waals surface area contributed by atoms with E-state index in [-0.39, 0.29) is 13.1 Å². The third-order valence-electron chi connectivity index (χ3n) is 4.89. The smallest absolute Gasteiger partial charge is 0.181 e. The molecule has 1 heterocycles. The molecule has 2 N–H and O–H groups in total. The highest BCUT2D eigenvalue weighted by atomic mass is 32.1. The van der Waals surface area contributed by atoms with E-state index >= 15 is 0 Å². The SMILES string of the molecule is C.Cn1scc1-c1ccc(CC2CCCC2)cc1.Nc1cccc(F)c1F. The second-order valence-electron chi connectivity index (χ2n) is 6.80. The first-order chi connectivity index (χ1) is 12.5. The van der Waals surface area contributed by atoms with E-state index in [1.54, 1.807) is 11.5 Å². The summed E-state index contributed by atoms with van der Waals surface area (Å²) < 4.78 is 26.6. The van der Waals surface area contributed by atoms with Gasteiger partial charge in [-0.15, -0.1) is 0 Å². The Morgan fingerprint density at radius 1 is 1.07 bits per heavy atom. The minimum atomic E-state index is -0.975. The number of nitrogens with zero attached hydrogens (tertiary/aromatic N) is 1. The lowest BCUT2D eigenvalue weighted by molar-refractivity contribution is 0.512. The molecule has 1 aromatic heterocycles. The summed E-state index contributed by atoms with van der Waals surface area (Å²) in [4.78, 5) is 0.